The molecule has 2 aromatic carbocycles. The highest BCUT2D eigenvalue weighted by Gasteiger charge is 2.24. The van der Waals surface area contributed by atoms with Crippen LogP contribution in [0.4, 0.5) is 11.4 Å². The molecule has 150 valence electrons. The molecule has 0 atom stereocenters. The number of esters is 1. The average Bonchev–Trinajstić information content (AvgIpc) is 2.61. The zero-order valence-electron chi connectivity index (χ0n) is 16.6. The van der Waals surface area contributed by atoms with Crippen molar-refractivity contribution in [2.24, 2.45) is 0 Å². The molecule has 1 N–H and O–H groups in total. The Morgan fingerprint density at radius 2 is 1.61 bits per heavy atom. The molecule has 8 heteroatoms. The Bertz CT molecular complexity index is 995. The number of methoxy groups -OCH3 is 1. The molecule has 0 saturated heterocycles. The Balaban J connectivity index is 2.33. The molecule has 28 heavy (non-hydrogen) atoms. The topological polar surface area (TPSA) is 92.8 Å². The van der Waals surface area contributed by atoms with Crippen molar-refractivity contribution in [2.45, 2.75) is 20.8 Å². The number of para-hydroxylation sites is 1. The number of hydrogen-bond donors (Lipinski definition) is 1. The number of rotatable bonds is 6. The molecule has 0 heterocycles. The summed E-state index contributed by atoms with van der Waals surface area (Å²) in [5.41, 5.74) is 3.28. The van der Waals surface area contributed by atoms with E-state index < -0.39 is 21.9 Å². The fraction of sp³-hybridized carbons (Fsp3) is 0.300. The smallest absolute Gasteiger partial charge is 0.338 e. The van der Waals surface area contributed by atoms with Crippen LogP contribution < -0.4 is 9.62 Å². The first-order valence-electron chi connectivity index (χ1n) is 8.58. The van der Waals surface area contributed by atoms with E-state index >= 15 is 0 Å². The molecule has 0 unspecified atom stereocenters. The lowest BCUT2D eigenvalue weighted by atomic mass is 10.1. The van der Waals surface area contributed by atoms with Crippen LogP contribution in [0, 0.1) is 20.8 Å². The van der Waals surface area contributed by atoms with Gasteiger partial charge in [-0.25, -0.2) is 13.2 Å². The second-order valence-corrected chi connectivity index (χ2v) is 8.43. The van der Waals surface area contributed by atoms with Crippen molar-refractivity contribution < 1.29 is 22.7 Å². The Morgan fingerprint density at radius 3 is 2.14 bits per heavy atom. The Hall–Kier alpha value is -2.87. The van der Waals surface area contributed by atoms with Gasteiger partial charge >= 0.3 is 5.97 Å². The van der Waals surface area contributed by atoms with E-state index in [0.29, 0.717) is 22.5 Å². The molecular formula is C20H24N2O5S. The second kappa shape index (κ2) is 8.43. The van der Waals surface area contributed by atoms with Gasteiger partial charge in [0.15, 0.2) is 0 Å². The van der Waals surface area contributed by atoms with Crippen LogP contribution in [0.2, 0.25) is 0 Å². The predicted octanol–water partition coefficient (Wildman–Crippen LogP) is 2.80. The maximum atomic E-state index is 12.6. The van der Waals surface area contributed by atoms with Gasteiger partial charge in [0, 0.05) is 5.69 Å². The number of carbonyl (C=O) groups excluding carboxylic acids is 2. The molecule has 2 aromatic rings. The van der Waals surface area contributed by atoms with E-state index in [4.69, 9.17) is 4.74 Å². The summed E-state index contributed by atoms with van der Waals surface area (Å²) in [6.45, 7) is 4.89. The van der Waals surface area contributed by atoms with Crippen LogP contribution in [0.1, 0.15) is 27.0 Å². The van der Waals surface area contributed by atoms with E-state index in [-0.39, 0.29) is 6.54 Å². The predicted molar refractivity (Wildman–Crippen MR) is 109 cm³/mol. The number of benzene rings is 2. The van der Waals surface area contributed by atoms with Gasteiger partial charge < -0.3 is 10.1 Å². The Labute approximate surface area is 165 Å². The summed E-state index contributed by atoms with van der Waals surface area (Å²) in [5.74, 6) is -1.03. The van der Waals surface area contributed by atoms with Crippen LogP contribution in [-0.4, -0.2) is 40.2 Å². The molecule has 0 bridgehead atoms. The lowest BCUT2D eigenvalue weighted by molar-refractivity contribution is -0.114. The zero-order valence-corrected chi connectivity index (χ0v) is 17.4. The minimum Gasteiger partial charge on any atom is -0.465 e. The standard InChI is InChI=1S/C20H24N2O5S/c1-13-8-6-9-14(2)19(13)22(28(5,25)26)12-18(23)21-17-11-7-10-16(15(17)3)20(24)27-4/h6-11H,12H2,1-5H3,(H,21,23). The van der Waals surface area contributed by atoms with Gasteiger partial charge in [-0.05, 0) is 49.6 Å². The highest BCUT2D eigenvalue weighted by molar-refractivity contribution is 7.92. The second-order valence-electron chi connectivity index (χ2n) is 6.53. The molecule has 0 radical (unpaired) electrons. The van der Waals surface area contributed by atoms with Crippen LogP contribution >= 0.6 is 0 Å². The highest BCUT2D eigenvalue weighted by Crippen LogP contribution is 2.27. The Morgan fingerprint density at radius 1 is 1.04 bits per heavy atom. The molecule has 0 aromatic heterocycles. The van der Waals surface area contributed by atoms with Crippen molar-refractivity contribution in [3.8, 4) is 0 Å². The van der Waals surface area contributed by atoms with Gasteiger partial charge in [-0.3, -0.25) is 9.10 Å². The van der Waals surface area contributed by atoms with Crippen LogP contribution in [0.25, 0.3) is 0 Å². The molecule has 1 amide bonds. The number of carbonyl (C=O) groups is 2. The summed E-state index contributed by atoms with van der Waals surface area (Å²) in [7, 11) is -2.41. The monoisotopic (exact) mass is 404 g/mol. The van der Waals surface area contributed by atoms with Crippen molar-refractivity contribution in [1.82, 2.24) is 0 Å². The normalized spacial score (nSPS) is 11.0. The van der Waals surface area contributed by atoms with Gasteiger partial charge in [0.1, 0.15) is 6.54 Å². The minimum atomic E-state index is -3.69. The molecule has 0 spiro atoms. The average molecular weight is 404 g/mol. The van der Waals surface area contributed by atoms with Gasteiger partial charge in [-0.15, -0.1) is 0 Å². The molecule has 0 aliphatic heterocycles. The molecule has 7 nitrogen and oxygen atoms in total. The van der Waals surface area contributed by atoms with E-state index in [1.165, 1.54) is 7.11 Å². The third kappa shape index (κ3) is 4.69. The van der Waals surface area contributed by atoms with E-state index in [1.54, 1.807) is 51.1 Å². The number of aryl methyl sites for hydroxylation is 2. The maximum absolute atomic E-state index is 12.6. The number of hydrogen-bond acceptors (Lipinski definition) is 5. The van der Waals surface area contributed by atoms with Crippen LogP contribution in [0.3, 0.4) is 0 Å². The van der Waals surface area contributed by atoms with Crippen LogP contribution in [-0.2, 0) is 19.6 Å². The van der Waals surface area contributed by atoms with Crippen LogP contribution in [0.5, 0.6) is 0 Å². The van der Waals surface area contributed by atoms with Crippen LogP contribution in [0.15, 0.2) is 36.4 Å². The Kier molecular flexibility index (Phi) is 6.45. The van der Waals surface area contributed by atoms with Gasteiger partial charge in [0.25, 0.3) is 0 Å². The summed E-state index contributed by atoms with van der Waals surface area (Å²) in [6.07, 6.45) is 1.06. The van der Waals surface area contributed by atoms with E-state index in [9.17, 15) is 18.0 Å². The van der Waals surface area contributed by atoms with Crippen molar-refractivity contribution in [1.29, 1.82) is 0 Å². The first-order chi connectivity index (χ1) is 13.1. The lowest BCUT2D eigenvalue weighted by Gasteiger charge is -2.25. The summed E-state index contributed by atoms with van der Waals surface area (Å²) < 4.78 is 30.5. The van der Waals surface area contributed by atoms with Crippen molar-refractivity contribution in [2.75, 3.05) is 29.5 Å². The first-order valence-corrected chi connectivity index (χ1v) is 10.4. The zero-order chi connectivity index (χ0) is 21.1. The molecule has 2 rings (SSSR count). The molecule has 0 fully saturated rings. The maximum Gasteiger partial charge on any atom is 0.338 e. The van der Waals surface area contributed by atoms with Gasteiger partial charge in [0.05, 0.1) is 24.6 Å². The third-order valence-electron chi connectivity index (χ3n) is 4.39. The molecule has 0 aliphatic carbocycles. The van der Waals surface area contributed by atoms with E-state index in [1.807, 2.05) is 6.07 Å². The van der Waals surface area contributed by atoms with E-state index in [0.717, 1.165) is 21.7 Å². The van der Waals surface area contributed by atoms with Gasteiger partial charge in [-0.1, -0.05) is 24.3 Å². The van der Waals surface area contributed by atoms with Crippen molar-refractivity contribution in [3.05, 3.63) is 58.7 Å². The number of ether oxygens (including phenoxy) is 1. The summed E-state index contributed by atoms with van der Waals surface area (Å²) in [5, 5.41) is 2.69. The lowest BCUT2D eigenvalue weighted by Crippen LogP contribution is -2.38. The number of anilines is 2. The third-order valence-corrected chi connectivity index (χ3v) is 5.50. The fourth-order valence-electron chi connectivity index (χ4n) is 2.98. The number of nitrogens with one attached hydrogen (secondary N) is 1. The number of sulfonamides is 1. The summed E-state index contributed by atoms with van der Waals surface area (Å²) in [4.78, 5) is 24.5. The quantitative estimate of drug-likeness (QED) is 0.748. The number of amides is 1. The summed E-state index contributed by atoms with van der Waals surface area (Å²) >= 11 is 0. The molecule has 0 aliphatic rings. The number of nitrogens with zero attached hydrogens (tertiary/aromatic N) is 1. The SMILES string of the molecule is COC(=O)c1cccc(NC(=O)CN(c2c(C)cccc2C)S(C)(=O)=O)c1C. The van der Waals surface area contributed by atoms with Gasteiger partial charge in [0.2, 0.25) is 15.9 Å². The fourth-order valence-corrected chi connectivity index (χ4v) is 3.95. The van der Waals surface area contributed by atoms with E-state index in [2.05, 4.69) is 5.32 Å². The first kappa shape index (κ1) is 21.4. The molecular weight excluding hydrogens is 380 g/mol. The van der Waals surface area contributed by atoms with Crippen molar-refractivity contribution in [3.63, 3.8) is 0 Å². The van der Waals surface area contributed by atoms with Crippen molar-refractivity contribution >= 4 is 33.3 Å². The largest absolute Gasteiger partial charge is 0.465 e. The highest BCUT2D eigenvalue weighted by atomic mass is 32.2. The minimum absolute atomic E-state index is 0.329. The van der Waals surface area contributed by atoms with Gasteiger partial charge in [-0.2, -0.15) is 0 Å². The molecule has 0 saturated carbocycles. The summed E-state index contributed by atoms with van der Waals surface area (Å²) in [6, 6.07) is 10.3.